The highest BCUT2D eigenvalue weighted by molar-refractivity contribution is 5.76. The lowest BCUT2D eigenvalue weighted by molar-refractivity contribution is -0.122. The van der Waals surface area contributed by atoms with Gasteiger partial charge in [-0.05, 0) is 31.8 Å². The Hall–Kier alpha value is -0.650. The minimum Gasteiger partial charge on any atom is -0.383 e. The van der Waals surface area contributed by atoms with Gasteiger partial charge >= 0.3 is 0 Å². The lowest BCUT2D eigenvalue weighted by Crippen LogP contribution is -2.35. The van der Waals surface area contributed by atoms with E-state index in [1.807, 2.05) is 7.05 Å². The molecule has 0 unspecified atom stereocenters. The van der Waals surface area contributed by atoms with Crippen LogP contribution in [0.3, 0.4) is 0 Å². The van der Waals surface area contributed by atoms with E-state index >= 15 is 0 Å². The predicted molar refractivity (Wildman–Crippen MR) is 79.0 cm³/mol. The summed E-state index contributed by atoms with van der Waals surface area (Å²) in [5, 5.41) is 2.95. The molecule has 0 saturated heterocycles. The Morgan fingerprint density at radius 3 is 2.58 bits per heavy atom. The Kier molecular flexibility index (Phi) is 10.8. The Morgan fingerprint density at radius 2 is 2.05 bits per heavy atom. The van der Waals surface area contributed by atoms with Crippen LogP contribution in [0.4, 0.5) is 0 Å². The fraction of sp³-hybridized carbons (Fsp3) is 0.929. The summed E-state index contributed by atoms with van der Waals surface area (Å²) in [6.45, 7) is 8.01. The van der Waals surface area contributed by atoms with Gasteiger partial charge < -0.3 is 20.7 Å². The number of methoxy groups -OCH3 is 1. The zero-order chi connectivity index (χ0) is 14.7. The monoisotopic (exact) mass is 273 g/mol. The highest BCUT2D eigenvalue weighted by Crippen LogP contribution is 2.13. The SMILES string of the molecule is COCCN(C)CCNC(=O)C[C@@H](CN)CC(C)C. The average Bonchev–Trinajstić information content (AvgIpc) is 2.34. The molecule has 0 spiro atoms. The van der Waals surface area contributed by atoms with Crippen molar-refractivity contribution in [3.63, 3.8) is 0 Å². The number of hydrogen-bond acceptors (Lipinski definition) is 4. The van der Waals surface area contributed by atoms with E-state index in [0.29, 0.717) is 38.0 Å². The molecule has 5 heteroatoms. The minimum absolute atomic E-state index is 0.108. The number of hydrogen-bond donors (Lipinski definition) is 2. The topological polar surface area (TPSA) is 67.6 Å². The number of nitrogens with one attached hydrogen (secondary N) is 1. The summed E-state index contributed by atoms with van der Waals surface area (Å²) >= 11 is 0. The molecule has 1 amide bonds. The van der Waals surface area contributed by atoms with Gasteiger partial charge in [0.15, 0.2) is 0 Å². The van der Waals surface area contributed by atoms with Gasteiger partial charge in [0.05, 0.1) is 6.61 Å². The molecule has 0 aromatic rings. The minimum atomic E-state index is 0.108. The van der Waals surface area contributed by atoms with Crippen molar-refractivity contribution in [2.75, 3.05) is 46.9 Å². The van der Waals surface area contributed by atoms with Crippen LogP contribution in [0.5, 0.6) is 0 Å². The highest BCUT2D eigenvalue weighted by atomic mass is 16.5. The van der Waals surface area contributed by atoms with E-state index in [4.69, 9.17) is 10.5 Å². The van der Waals surface area contributed by atoms with Gasteiger partial charge in [-0.2, -0.15) is 0 Å². The fourth-order valence-electron chi connectivity index (χ4n) is 2.01. The molecule has 0 rings (SSSR count). The van der Waals surface area contributed by atoms with E-state index in [1.54, 1.807) is 7.11 Å². The molecule has 0 radical (unpaired) electrons. The van der Waals surface area contributed by atoms with Crippen molar-refractivity contribution in [1.29, 1.82) is 0 Å². The summed E-state index contributed by atoms with van der Waals surface area (Å²) in [7, 11) is 3.71. The molecule has 0 aromatic carbocycles. The third kappa shape index (κ3) is 10.9. The molecule has 1 atom stereocenters. The Labute approximate surface area is 117 Å². The third-order valence-electron chi connectivity index (χ3n) is 3.10. The standard InChI is InChI=1S/C14H31N3O2/c1-12(2)9-13(11-15)10-14(18)16-5-6-17(3)7-8-19-4/h12-13H,5-11,15H2,1-4H3,(H,16,18)/t13-/m0/s1. The molecule has 0 bridgehead atoms. The summed E-state index contributed by atoms with van der Waals surface area (Å²) in [6, 6.07) is 0. The number of rotatable bonds is 11. The lowest BCUT2D eigenvalue weighted by Gasteiger charge is -2.18. The summed E-state index contributed by atoms with van der Waals surface area (Å²) < 4.78 is 5.00. The quantitative estimate of drug-likeness (QED) is 0.581. The smallest absolute Gasteiger partial charge is 0.220 e. The maximum Gasteiger partial charge on any atom is 0.220 e. The van der Waals surface area contributed by atoms with Crippen LogP contribution in [0.1, 0.15) is 26.7 Å². The summed E-state index contributed by atoms with van der Waals surface area (Å²) in [5.74, 6) is 0.990. The van der Waals surface area contributed by atoms with Crippen molar-refractivity contribution in [2.24, 2.45) is 17.6 Å². The molecule has 3 N–H and O–H groups in total. The van der Waals surface area contributed by atoms with Crippen molar-refractivity contribution >= 4 is 5.91 Å². The predicted octanol–water partition coefficient (Wildman–Crippen LogP) is 0.692. The van der Waals surface area contributed by atoms with Crippen LogP contribution in [0.25, 0.3) is 0 Å². The highest BCUT2D eigenvalue weighted by Gasteiger charge is 2.13. The molecule has 0 saturated carbocycles. The van der Waals surface area contributed by atoms with E-state index in [0.717, 1.165) is 19.5 Å². The molecular formula is C14H31N3O2. The van der Waals surface area contributed by atoms with E-state index in [2.05, 4.69) is 24.1 Å². The first-order valence-electron chi connectivity index (χ1n) is 7.13. The van der Waals surface area contributed by atoms with E-state index < -0.39 is 0 Å². The Bertz CT molecular complexity index is 235. The lowest BCUT2D eigenvalue weighted by atomic mass is 9.94. The molecule has 0 aliphatic heterocycles. The van der Waals surface area contributed by atoms with Gasteiger partial charge in [0.1, 0.15) is 0 Å². The van der Waals surface area contributed by atoms with Gasteiger partial charge in [0.2, 0.25) is 5.91 Å². The molecular weight excluding hydrogens is 242 g/mol. The van der Waals surface area contributed by atoms with Crippen molar-refractivity contribution in [1.82, 2.24) is 10.2 Å². The second kappa shape index (κ2) is 11.2. The van der Waals surface area contributed by atoms with Gasteiger partial charge in [-0.15, -0.1) is 0 Å². The number of carbonyl (C=O) groups excluding carboxylic acids is 1. The molecule has 19 heavy (non-hydrogen) atoms. The van der Waals surface area contributed by atoms with Crippen molar-refractivity contribution in [2.45, 2.75) is 26.7 Å². The van der Waals surface area contributed by atoms with Gasteiger partial charge in [-0.3, -0.25) is 4.79 Å². The van der Waals surface area contributed by atoms with E-state index in [9.17, 15) is 4.79 Å². The normalized spacial score (nSPS) is 13.0. The maximum atomic E-state index is 11.8. The van der Waals surface area contributed by atoms with Gasteiger partial charge in [0.25, 0.3) is 0 Å². The fourth-order valence-corrected chi connectivity index (χ4v) is 2.01. The van der Waals surface area contributed by atoms with E-state index in [1.165, 1.54) is 0 Å². The Morgan fingerprint density at radius 1 is 1.37 bits per heavy atom. The number of amides is 1. The molecule has 0 heterocycles. The van der Waals surface area contributed by atoms with Crippen molar-refractivity contribution in [3.8, 4) is 0 Å². The largest absolute Gasteiger partial charge is 0.383 e. The van der Waals surface area contributed by atoms with Crippen LogP contribution >= 0.6 is 0 Å². The van der Waals surface area contributed by atoms with Crippen LogP contribution in [-0.2, 0) is 9.53 Å². The summed E-state index contributed by atoms with van der Waals surface area (Å²) in [4.78, 5) is 13.9. The number of likely N-dealkylation sites (N-methyl/N-ethyl adjacent to an activating group) is 1. The van der Waals surface area contributed by atoms with Gasteiger partial charge in [0, 0.05) is 33.2 Å². The maximum absolute atomic E-state index is 11.8. The van der Waals surface area contributed by atoms with Crippen LogP contribution in [0.2, 0.25) is 0 Å². The van der Waals surface area contributed by atoms with Crippen molar-refractivity contribution in [3.05, 3.63) is 0 Å². The van der Waals surface area contributed by atoms with Gasteiger partial charge in [-0.1, -0.05) is 13.8 Å². The number of carbonyl (C=O) groups is 1. The molecule has 0 aliphatic rings. The Balaban J connectivity index is 3.73. The molecule has 0 fully saturated rings. The second-order valence-corrected chi connectivity index (χ2v) is 5.58. The second-order valence-electron chi connectivity index (χ2n) is 5.58. The molecule has 0 aromatic heterocycles. The van der Waals surface area contributed by atoms with Crippen LogP contribution < -0.4 is 11.1 Å². The number of ether oxygens (including phenoxy) is 1. The van der Waals surface area contributed by atoms with Crippen LogP contribution in [-0.4, -0.2) is 57.8 Å². The molecule has 5 nitrogen and oxygen atoms in total. The van der Waals surface area contributed by atoms with Gasteiger partial charge in [-0.25, -0.2) is 0 Å². The van der Waals surface area contributed by atoms with Crippen molar-refractivity contribution < 1.29 is 9.53 Å². The zero-order valence-corrected chi connectivity index (χ0v) is 12.9. The first-order chi connectivity index (χ1) is 8.99. The average molecular weight is 273 g/mol. The first-order valence-corrected chi connectivity index (χ1v) is 7.13. The summed E-state index contributed by atoms with van der Waals surface area (Å²) in [5.41, 5.74) is 5.70. The van der Waals surface area contributed by atoms with E-state index in [-0.39, 0.29) is 5.91 Å². The van der Waals surface area contributed by atoms with Crippen LogP contribution in [0.15, 0.2) is 0 Å². The molecule has 0 aliphatic carbocycles. The number of nitrogens with zero attached hydrogens (tertiary/aromatic N) is 1. The zero-order valence-electron chi connectivity index (χ0n) is 12.9. The first kappa shape index (κ1) is 18.4. The molecule has 114 valence electrons. The number of nitrogens with two attached hydrogens (primary N) is 1. The van der Waals surface area contributed by atoms with Crippen LogP contribution in [0, 0.1) is 11.8 Å². The summed E-state index contributed by atoms with van der Waals surface area (Å²) in [6.07, 6.45) is 1.55. The third-order valence-corrected chi connectivity index (χ3v) is 3.10.